The van der Waals surface area contributed by atoms with E-state index in [4.69, 9.17) is 9.47 Å². The number of ether oxygens (including phenoxy) is 2. The SMILES string of the molecule is CC[C@H](C(=O)NC)N(Cc1cccc(C)c1)C(=O)COc1ccccc1OC. The molecule has 6 heteroatoms. The highest BCUT2D eigenvalue weighted by molar-refractivity contribution is 5.88. The smallest absolute Gasteiger partial charge is 0.261 e. The molecule has 1 N–H and O–H groups in total. The minimum absolute atomic E-state index is 0.181. The number of nitrogens with one attached hydrogen (secondary N) is 1. The number of methoxy groups -OCH3 is 1. The summed E-state index contributed by atoms with van der Waals surface area (Å²) in [5.41, 5.74) is 2.07. The highest BCUT2D eigenvalue weighted by Crippen LogP contribution is 2.26. The standard InChI is InChI=1S/C22H28N2O4/c1-5-18(22(26)23-3)24(14-17-10-8-9-16(2)13-17)21(25)15-28-20-12-7-6-11-19(20)27-4/h6-13,18H,5,14-15H2,1-4H3,(H,23,26)/t18-/m1/s1. The zero-order chi connectivity index (χ0) is 20.5. The van der Waals surface area contributed by atoms with Crippen molar-refractivity contribution in [3.05, 3.63) is 59.7 Å². The topological polar surface area (TPSA) is 67.9 Å². The van der Waals surface area contributed by atoms with Gasteiger partial charge in [0.25, 0.3) is 5.91 Å². The molecule has 28 heavy (non-hydrogen) atoms. The lowest BCUT2D eigenvalue weighted by Crippen LogP contribution is -2.49. The first-order valence-electron chi connectivity index (χ1n) is 9.32. The van der Waals surface area contributed by atoms with E-state index in [1.54, 1.807) is 31.2 Å². The third kappa shape index (κ3) is 5.49. The molecule has 2 amide bonds. The summed E-state index contributed by atoms with van der Waals surface area (Å²) in [6.45, 7) is 4.04. The maximum atomic E-state index is 13.0. The molecule has 0 spiro atoms. The number of hydrogen-bond acceptors (Lipinski definition) is 4. The lowest BCUT2D eigenvalue weighted by Gasteiger charge is -2.30. The lowest BCUT2D eigenvalue weighted by atomic mass is 10.1. The number of aryl methyl sites for hydroxylation is 1. The van der Waals surface area contributed by atoms with Gasteiger partial charge >= 0.3 is 0 Å². The van der Waals surface area contributed by atoms with Gasteiger partial charge in [0.05, 0.1) is 7.11 Å². The van der Waals surface area contributed by atoms with Crippen LogP contribution in [0.2, 0.25) is 0 Å². The van der Waals surface area contributed by atoms with Gasteiger partial charge in [-0.25, -0.2) is 0 Å². The van der Waals surface area contributed by atoms with Crippen molar-refractivity contribution >= 4 is 11.8 Å². The molecule has 0 bridgehead atoms. The number of nitrogens with zero attached hydrogens (tertiary/aromatic N) is 1. The van der Waals surface area contributed by atoms with Crippen molar-refractivity contribution in [2.24, 2.45) is 0 Å². The van der Waals surface area contributed by atoms with E-state index in [2.05, 4.69) is 5.32 Å². The Kier molecular flexibility index (Phi) is 7.87. The van der Waals surface area contributed by atoms with Crippen LogP contribution >= 0.6 is 0 Å². The molecule has 2 rings (SSSR count). The van der Waals surface area contributed by atoms with Crippen LogP contribution in [0, 0.1) is 6.92 Å². The van der Waals surface area contributed by atoms with E-state index in [-0.39, 0.29) is 18.4 Å². The van der Waals surface area contributed by atoms with Crippen LogP contribution in [-0.2, 0) is 16.1 Å². The number of para-hydroxylation sites is 2. The van der Waals surface area contributed by atoms with Gasteiger partial charge in [-0.1, -0.05) is 48.9 Å². The molecule has 0 radical (unpaired) electrons. The third-order valence-electron chi connectivity index (χ3n) is 4.49. The largest absolute Gasteiger partial charge is 0.493 e. The van der Waals surface area contributed by atoms with Gasteiger partial charge in [-0.15, -0.1) is 0 Å². The Morgan fingerprint density at radius 2 is 1.82 bits per heavy atom. The lowest BCUT2D eigenvalue weighted by molar-refractivity contribution is -0.142. The van der Waals surface area contributed by atoms with Gasteiger partial charge < -0.3 is 19.7 Å². The number of carbonyl (C=O) groups is 2. The summed E-state index contributed by atoms with van der Waals surface area (Å²) in [6, 6.07) is 14.5. The van der Waals surface area contributed by atoms with Gasteiger partial charge in [0.1, 0.15) is 6.04 Å². The minimum Gasteiger partial charge on any atom is -0.493 e. The fraction of sp³-hybridized carbons (Fsp3) is 0.364. The Bertz CT molecular complexity index is 807. The summed E-state index contributed by atoms with van der Waals surface area (Å²) < 4.78 is 10.9. The van der Waals surface area contributed by atoms with Crippen LogP contribution < -0.4 is 14.8 Å². The van der Waals surface area contributed by atoms with Gasteiger partial charge in [-0.05, 0) is 31.0 Å². The van der Waals surface area contributed by atoms with Crippen molar-refractivity contribution in [2.45, 2.75) is 32.9 Å². The van der Waals surface area contributed by atoms with E-state index in [0.29, 0.717) is 24.5 Å². The van der Waals surface area contributed by atoms with Crippen LogP contribution in [0.5, 0.6) is 11.5 Å². The highest BCUT2D eigenvalue weighted by Gasteiger charge is 2.28. The van der Waals surface area contributed by atoms with Crippen LogP contribution in [0.25, 0.3) is 0 Å². The molecule has 0 saturated heterocycles. The van der Waals surface area contributed by atoms with E-state index in [1.807, 2.05) is 50.2 Å². The molecule has 2 aromatic rings. The molecule has 0 fully saturated rings. The number of hydrogen-bond donors (Lipinski definition) is 1. The van der Waals surface area contributed by atoms with Gasteiger partial charge in [0, 0.05) is 13.6 Å². The molecule has 0 aromatic heterocycles. The molecule has 0 saturated carbocycles. The Morgan fingerprint density at radius 1 is 1.11 bits per heavy atom. The Balaban J connectivity index is 2.21. The number of carbonyl (C=O) groups excluding carboxylic acids is 2. The first-order chi connectivity index (χ1) is 13.5. The fourth-order valence-electron chi connectivity index (χ4n) is 3.05. The monoisotopic (exact) mass is 384 g/mol. The van der Waals surface area contributed by atoms with Crippen molar-refractivity contribution in [3.63, 3.8) is 0 Å². The van der Waals surface area contributed by atoms with E-state index in [9.17, 15) is 9.59 Å². The van der Waals surface area contributed by atoms with Crippen LogP contribution in [0.4, 0.5) is 0 Å². The molecule has 2 aromatic carbocycles. The van der Waals surface area contributed by atoms with Crippen LogP contribution in [0.15, 0.2) is 48.5 Å². The number of benzene rings is 2. The summed E-state index contributed by atoms with van der Waals surface area (Å²) in [5.74, 6) is 0.587. The summed E-state index contributed by atoms with van der Waals surface area (Å²) in [6.07, 6.45) is 0.506. The molecular weight excluding hydrogens is 356 g/mol. The molecule has 0 heterocycles. The normalized spacial score (nSPS) is 11.4. The molecule has 0 unspecified atom stereocenters. The van der Waals surface area contributed by atoms with Gasteiger partial charge in [-0.2, -0.15) is 0 Å². The summed E-state index contributed by atoms with van der Waals surface area (Å²) >= 11 is 0. The first-order valence-corrected chi connectivity index (χ1v) is 9.32. The second kappa shape index (κ2) is 10.3. The van der Waals surface area contributed by atoms with Gasteiger partial charge in [0.15, 0.2) is 18.1 Å². The number of likely N-dealkylation sites (N-methyl/N-ethyl adjacent to an activating group) is 1. The summed E-state index contributed by atoms with van der Waals surface area (Å²) in [4.78, 5) is 26.9. The Labute approximate surface area is 166 Å². The van der Waals surface area contributed by atoms with Crippen molar-refractivity contribution in [1.29, 1.82) is 0 Å². The predicted octanol–water partition coefficient (Wildman–Crippen LogP) is 2.94. The second-order valence-electron chi connectivity index (χ2n) is 6.49. The van der Waals surface area contributed by atoms with Gasteiger partial charge in [0.2, 0.25) is 5.91 Å². The maximum absolute atomic E-state index is 13.0. The Hall–Kier alpha value is -3.02. The summed E-state index contributed by atoms with van der Waals surface area (Å²) in [7, 11) is 3.12. The van der Waals surface area contributed by atoms with E-state index in [1.165, 1.54) is 0 Å². The van der Waals surface area contributed by atoms with Crippen LogP contribution in [-0.4, -0.2) is 43.5 Å². The minimum atomic E-state index is -0.570. The number of amides is 2. The van der Waals surface area contributed by atoms with E-state index < -0.39 is 6.04 Å². The van der Waals surface area contributed by atoms with Crippen LogP contribution in [0.3, 0.4) is 0 Å². The maximum Gasteiger partial charge on any atom is 0.261 e. The van der Waals surface area contributed by atoms with Crippen molar-refractivity contribution < 1.29 is 19.1 Å². The Morgan fingerprint density at radius 3 is 2.43 bits per heavy atom. The molecule has 6 nitrogen and oxygen atoms in total. The average molecular weight is 384 g/mol. The zero-order valence-electron chi connectivity index (χ0n) is 16.9. The fourth-order valence-corrected chi connectivity index (χ4v) is 3.05. The highest BCUT2D eigenvalue weighted by atomic mass is 16.5. The average Bonchev–Trinajstić information content (AvgIpc) is 2.71. The van der Waals surface area contributed by atoms with Crippen molar-refractivity contribution in [1.82, 2.24) is 10.2 Å². The quantitative estimate of drug-likeness (QED) is 0.722. The molecular formula is C22H28N2O4. The molecule has 150 valence electrons. The van der Waals surface area contributed by atoms with Gasteiger partial charge in [-0.3, -0.25) is 9.59 Å². The number of rotatable bonds is 9. The predicted molar refractivity (Wildman–Crippen MR) is 108 cm³/mol. The van der Waals surface area contributed by atoms with Crippen molar-refractivity contribution in [2.75, 3.05) is 20.8 Å². The molecule has 0 aliphatic carbocycles. The first kappa shape index (κ1) is 21.3. The second-order valence-corrected chi connectivity index (χ2v) is 6.49. The van der Waals surface area contributed by atoms with Crippen LogP contribution in [0.1, 0.15) is 24.5 Å². The van der Waals surface area contributed by atoms with E-state index in [0.717, 1.165) is 11.1 Å². The summed E-state index contributed by atoms with van der Waals surface area (Å²) in [5, 5.41) is 2.65. The van der Waals surface area contributed by atoms with E-state index >= 15 is 0 Å². The molecule has 0 aliphatic heterocycles. The zero-order valence-corrected chi connectivity index (χ0v) is 16.9. The molecule has 0 aliphatic rings. The van der Waals surface area contributed by atoms with Crippen molar-refractivity contribution in [3.8, 4) is 11.5 Å². The molecule has 1 atom stereocenters. The third-order valence-corrected chi connectivity index (χ3v) is 4.49.